The van der Waals surface area contributed by atoms with Gasteiger partial charge in [-0.15, -0.1) is 0 Å². The molecule has 0 spiro atoms. The number of benzene rings is 3. The van der Waals surface area contributed by atoms with Crippen LogP contribution in [0.1, 0.15) is 18.4 Å². The van der Waals surface area contributed by atoms with Crippen LogP contribution < -0.4 is 25.2 Å². The van der Waals surface area contributed by atoms with Crippen LogP contribution in [0.3, 0.4) is 0 Å². The number of nitrogens with one attached hydrogen (secondary N) is 2. The van der Waals surface area contributed by atoms with Gasteiger partial charge in [-0.1, -0.05) is 36.4 Å². The number of carbonyl (C=O) groups excluding carboxylic acids is 4. The van der Waals surface area contributed by atoms with Crippen molar-refractivity contribution >= 4 is 40.9 Å². The quantitative estimate of drug-likeness (QED) is 0.384. The summed E-state index contributed by atoms with van der Waals surface area (Å²) in [6.45, 7) is 1.07. The Kier molecular flexibility index (Phi) is 10.0. The van der Waals surface area contributed by atoms with E-state index in [1.165, 1.54) is 24.0 Å². The Morgan fingerprint density at radius 1 is 0.846 bits per heavy atom. The molecule has 39 heavy (non-hydrogen) atoms. The molecule has 0 aliphatic carbocycles. The minimum absolute atomic E-state index is 0.256. The molecule has 3 rings (SSSR count). The van der Waals surface area contributed by atoms with Crippen LogP contribution in [0.25, 0.3) is 0 Å². The molecule has 0 aromatic heterocycles. The number of amides is 4. The summed E-state index contributed by atoms with van der Waals surface area (Å²) in [6.07, 6.45) is 0. The van der Waals surface area contributed by atoms with Crippen LogP contribution in [-0.4, -0.2) is 58.2 Å². The third-order valence-electron chi connectivity index (χ3n) is 6.08. The van der Waals surface area contributed by atoms with Crippen molar-refractivity contribution in [1.82, 2.24) is 5.32 Å². The van der Waals surface area contributed by atoms with Gasteiger partial charge >= 0.3 is 12.0 Å². The highest BCUT2D eigenvalue weighted by Crippen LogP contribution is 2.23. The van der Waals surface area contributed by atoms with Gasteiger partial charge in [0.25, 0.3) is 0 Å². The van der Waals surface area contributed by atoms with Crippen molar-refractivity contribution in [1.29, 1.82) is 0 Å². The normalized spacial score (nSPS) is 11.1. The van der Waals surface area contributed by atoms with Crippen molar-refractivity contribution in [2.75, 3.05) is 49.5 Å². The van der Waals surface area contributed by atoms with Crippen molar-refractivity contribution < 1.29 is 28.7 Å². The van der Waals surface area contributed by atoms with Gasteiger partial charge in [0.05, 0.1) is 26.7 Å². The molecule has 10 nitrogen and oxygen atoms in total. The summed E-state index contributed by atoms with van der Waals surface area (Å²) in [6, 6.07) is 22.0. The minimum Gasteiger partial charge on any atom is -0.497 e. The van der Waals surface area contributed by atoms with E-state index in [2.05, 4.69) is 10.6 Å². The lowest BCUT2D eigenvalue weighted by atomic mass is 10.0. The molecule has 1 unspecified atom stereocenters. The zero-order valence-electron chi connectivity index (χ0n) is 22.3. The topological polar surface area (TPSA) is 117 Å². The number of hydrogen-bond donors (Lipinski definition) is 2. The van der Waals surface area contributed by atoms with Crippen LogP contribution in [-0.2, 0) is 19.1 Å². The Morgan fingerprint density at radius 2 is 1.54 bits per heavy atom. The van der Waals surface area contributed by atoms with E-state index in [0.29, 0.717) is 28.4 Å². The molecule has 1 atom stereocenters. The highest BCUT2D eigenvalue weighted by atomic mass is 16.5. The molecule has 204 valence electrons. The SMILES string of the molecule is COC(=O)C(C)c1cccc(NC(=O)NCC(=O)N(CC(=O)N(C)c2ccccc2)c2cccc(OC)c2)c1. The lowest BCUT2D eigenvalue weighted by Gasteiger charge is -2.26. The number of nitrogens with zero attached hydrogens (tertiary/aromatic N) is 2. The van der Waals surface area contributed by atoms with E-state index in [4.69, 9.17) is 9.47 Å². The number of hydrogen-bond acceptors (Lipinski definition) is 6. The van der Waals surface area contributed by atoms with Gasteiger partial charge < -0.3 is 29.9 Å². The van der Waals surface area contributed by atoms with Crippen LogP contribution in [0, 0.1) is 0 Å². The van der Waals surface area contributed by atoms with Crippen LogP contribution in [0.2, 0.25) is 0 Å². The maximum atomic E-state index is 13.3. The molecule has 3 aromatic carbocycles. The molecule has 0 aliphatic rings. The third kappa shape index (κ3) is 7.81. The average molecular weight is 533 g/mol. The fourth-order valence-corrected chi connectivity index (χ4v) is 3.76. The largest absolute Gasteiger partial charge is 0.497 e. The van der Waals surface area contributed by atoms with Gasteiger partial charge in [0, 0.05) is 30.2 Å². The fourth-order valence-electron chi connectivity index (χ4n) is 3.76. The maximum absolute atomic E-state index is 13.3. The van der Waals surface area contributed by atoms with E-state index in [1.54, 1.807) is 74.6 Å². The Hall–Kier alpha value is -4.86. The van der Waals surface area contributed by atoms with Crippen LogP contribution in [0.15, 0.2) is 78.9 Å². The Balaban J connectivity index is 1.70. The molecule has 0 heterocycles. The Morgan fingerprint density at radius 3 is 2.23 bits per heavy atom. The molecular formula is C29H32N4O6. The molecule has 0 saturated carbocycles. The second-order valence-corrected chi connectivity index (χ2v) is 8.65. The summed E-state index contributed by atoms with van der Waals surface area (Å²) >= 11 is 0. The predicted octanol–water partition coefficient (Wildman–Crippen LogP) is 3.79. The van der Waals surface area contributed by atoms with Gasteiger partial charge in [-0.3, -0.25) is 14.4 Å². The summed E-state index contributed by atoms with van der Waals surface area (Å²) in [4.78, 5) is 53.5. The van der Waals surface area contributed by atoms with Gasteiger partial charge in [-0.05, 0) is 48.9 Å². The van der Waals surface area contributed by atoms with Gasteiger partial charge in [-0.2, -0.15) is 0 Å². The van der Waals surface area contributed by atoms with Crippen LogP contribution in [0.4, 0.5) is 21.9 Å². The number of methoxy groups -OCH3 is 2. The average Bonchev–Trinajstić information content (AvgIpc) is 2.97. The van der Waals surface area contributed by atoms with Gasteiger partial charge in [0.15, 0.2) is 0 Å². The molecule has 3 aromatic rings. The number of esters is 1. The van der Waals surface area contributed by atoms with Crippen molar-refractivity contribution in [3.05, 3.63) is 84.4 Å². The number of para-hydroxylation sites is 1. The lowest BCUT2D eigenvalue weighted by molar-refractivity contribution is -0.142. The van der Waals surface area contributed by atoms with E-state index in [-0.39, 0.29) is 19.0 Å². The molecule has 0 bridgehead atoms. The number of ether oxygens (including phenoxy) is 2. The Labute approximate surface area is 227 Å². The van der Waals surface area contributed by atoms with Crippen molar-refractivity contribution in [3.63, 3.8) is 0 Å². The summed E-state index contributed by atoms with van der Waals surface area (Å²) in [5, 5.41) is 5.20. The van der Waals surface area contributed by atoms with Crippen molar-refractivity contribution in [3.8, 4) is 5.75 Å². The molecule has 2 N–H and O–H groups in total. The molecule has 0 aliphatic heterocycles. The van der Waals surface area contributed by atoms with Crippen molar-refractivity contribution in [2.24, 2.45) is 0 Å². The predicted molar refractivity (Wildman–Crippen MR) is 149 cm³/mol. The zero-order chi connectivity index (χ0) is 28.4. The summed E-state index contributed by atoms with van der Waals surface area (Å²) < 4.78 is 10.1. The van der Waals surface area contributed by atoms with Gasteiger partial charge in [0.2, 0.25) is 11.8 Å². The lowest BCUT2D eigenvalue weighted by Crippen LogP contribution is -2.46. The highest BCUT2D eigenvalue weighted by Gasteiger charge is 2.23. The summed E-state index contributed by atoms with van der Waals surface area (Å²) in [5.41, 5.74) is 2.24. The molecule has 0 saturated heterocycles. The molecule has 0 radical (unpaired) electrons. The number of carbonyl (C=O) groups is 4. The maximum Gasteiger partial charge on any atom is 0.319 e. The first-order chi connectivity index (χ1) is 18.7. The number of rotatable bonds is 10. The van der Waals surface area contributed by atoms with Gasteiger partial charge in [-0.25, -0.2) is 4.79 Å². The molecular weight excluding hydrogens is 500 g/mol. The standard InChI is InChI=1S/C29H32N4O6/c1-20(28(36)39-4)21-10-8-11-22(16-21)31-29(37)30-18-26(34)33(24-14-9-15-25(17-24)38-3)19-27(35)32(2)23-12-6-5-7-13-23/h5-17,20H,18-19H2,1-4H3,(H2,30,31,37). The third-order valence-corrected chi connectivity index (χ3v) is 6.08. The van der Waals surface area contributed by atoms with Gasteiger partial charge in [0.1, 0.15) is 12.3 Å². The van der Waals surface area contributed by atoms with Crippen molar-refractivity contribution in [2.45, 2.75) is 12.8 Å². The van der Waals surface area contributed by atoms with E-state index in [0.717, 1.165) is 0 Å². The first-order valence-electron chi connectivity index (χ1n) is 12.2. The number of likely N-dealkylation sites (N-methyl/N-ethyl adjacent to an activating group) is 1. The second-order valence-electron chi connectivity index (χ2n) is 8.65. The Bertz CT molecular complexity index is 1310. The minimum atomic E-state index is -0.621. The molecule has 10 heteroatoms. The van der Waals surface area contributed by atoms with E-state index < -0.39 is 23.8 Å². The number of anilines is 3. The van der Waals surface area contributed by atoms with E-state index in [1.807, 2.05) is 18.2 Å². The second kappa shape index (κ2) is 13.6. The molecule has 0 fully saturated rings. The smallest absolute Gasteiger partial charge is 0.319 e. The zero-order valence-corrected chi connectivity index (χ0v) is 22.3. The number of urea groups is 1. The first-order valence-corrected chi connectivity index (χ1v) is 12.2. The monoisotopic (exact) mass is 532 g/mol. The van der Waals surface area contributed by atoms with E-state index in [9.17, 15) is 19.2 Å². The summed E-state index contributed by atoms with van der Waals surface area (Å²) in [7, 11) is 4.45. The van der Waals surface area contributed by atoms with Crippen LogP contribution >= 0.6 is 0 Å². The molecule has 4 amide bonds. The summed E-state index contributed by atoms with van der Waals surface area (Å²) in [5.74, 6) is -1.21. The highest BCUT2D eigenvalue weighted by molar-refractivity contribution is 6.05. The van der Waals surface area contributed by atoms with E-state index >= 15 is 0 Å². The fraction of sp³-hybridized carbons (Fsp3) is 0.241. The van der Waals surface area contributed by atoms with Crippen LogP contribution in [0.5, 0.6) is 5.75 Å². The first kappa shape index (κ1) is 28.7.